The van der Waals surface area contributed by atoms with E-state index in [0.29, 0.717) is 24.0 Å². The highest BCUT2D eigenvalue weighted by Gasteiger charge is 2.30. The molecule has 9 heteroatoms. The summed E-state index contributed by atoms with van der Waals surface area (Å²) in [7, 11) is 0. The quantitative estimate of drug-likeness (QED) is 0.681. The summed E-state index contributed by atoms with van der Waals surface area (Å²) in [4.78, 5) is 5.40. The van der Waals surface area contributed by atoms with Gasteiger partial charge in [0.1, 0.15) is 5.82 Å². The summed E-state index contributed by atoms with van der Waals surface area (Å²) >= 11 is 0. The fourth-order valence-electron chi connectivity index (χ4n) is 2.48. The van der Waals surface area contributed by atoms with Crippen LogP contribution in [0.5, 0.6) is 0 Å². The molecule has 0 unspecified atom stereocenters. The Labute approximate surface area is 148 Å². The van der Waals surface area contributed by atoms with Crippen molar-refractivity contribution in [3.63, 3.8) is 0 Å². The first-order chi connectivity index (χ1) is 12.3. The molecule has 2 rings (SSSR count). The van der Waals surface area contributed by atoms with E-state index < -0.39 is 12.7 Å². The molecule has 0 aliphatic carbocycles. The number of benzene rings is 1. The molecule has 0 aliphatic heterocycles. The molecule has 1 aromatic heterocycles. The zero-order valence-corrected chi connectivity index (χ0v) is 14.4. The molecular weight excluding hydrogens is 354 g/mol. The number of rotatable bonds is 9. The molecule has 0 bridgehead atoms. The van der Waals surface area contributed by atoms with Crippen LogP contribution in [0.25, 0.3) is 11.4 Å². The van der Waals surface area contributed by atoms with Crippen molar-refractivity contribution in [2.24, 2.45) is 0 Å². The van der Waals surface area contributed by atoms with Crippen molar-refractivity contribution >= 4 is 0 Å². The number of aromatic nitrogens is 2. The number of alkyl halides is 3. The van der Waals surface area contributed by atoms with E-state index in [2.05, 4.69) is 10.1 Å². The first kappa shape index (κ1) is 20.3. The molecule has 1 N–H and O–H groups in total. The number of hydrogen-bond donors (Lipinski definition) is 1. The van der Waals surface area contributed by atoms with E-state index in [4.69, 9.17) is 9.63 Å². The highest BCUT2D eigenvalue weighted by molar-refractivity contribution is 5.54. The average Bonchev–Trinajstić information content (AvgIpc) is 3.02. The van der Waals surface area contributed by atoms with Gasteiger partial charge in [-0.1, -0.05) is 17.3 Å². The maximum atomic E-state index is 13.6. The summed E-state index contributed by atoms with van der Waals surface area (Å²) in [6, 6.07) is 4.59. The lowest BCUT2D eigenvalue weighted by Gasteiger charge is -2.22. The molecule has 1 heterocycles. The lowest BCUT2D eigenvalue weighted by molar-refractivity contribution is -0.146. The fourth-order valence-corrected chi connectivity index (χ4v) is 2.48. The number of halogens is 4. The van der Waals surface area contributed by atoms with Crippen molar-refractivity contribution in [3.8, 4) is 11.4 Å². The number of hydrogen-bond acceptors (Lipinski definition) is 5. The number of nitrogens with zero attached hydrogens (tertiary/aromatic N) is 3. The summed E-state index contributed by atoms with van der Waals surface area (Å²) in [5.41, 5.74) is 0.981. The van der Waals surface area contributed by atoms with Gasteiger partial charge in [0.05, 0.1) is 6.54 Å². The molecule has 144 valence electrons. The van der Waals surface area contributed by atoms with E-state index in [-0.39, 0.29) is 43.6 Å². The highest BCUT2D eigenvalue weighted by Crippen LogP contribution is 2.20. The van der Waals surface area contributed by atoms with Gasteiger partial charge in [-0.2, -0.15) is 18.2 Å². The second-order valence-electron chi connectivity index (χ2n) is 6.05. The molecule has 0 saturated heterocycles. The third kappa shape index (κ3) is 6.38. The van der Waals surface area contributed by atoms with Crippen LogP contribution in [0.4, 0.5) is 17.6 Å². The molecule has 0 atom stereocenters. The molecule has 0 fully saturated rings. The summed E-state index contributed by atoms with van der Waals surface area (Å²) in [5.74, 6) is 0.155. The Kier molecular flexibility index (Phi) is 7.10. The topological polar surface area (TPSA) is 62.4 Å². The van der Waals surface area contributed by atoms with Gasteiger partial charge >= 0.3 is 6.18 Å². The largest absolute Gasteiger partial charge is 0.401 e. The van der Waals surface area contributed by atoms with E-state index in [0.717, 1.165) is 0 Å². The van der Waals surface area contributed by atoms with E-state index in [9.17, 15) is 17.6 Å². The molecule has 1 aromatic carbocycles. The number of aliphatic hydroxyl groups is 1. The molecule has 0 spiro atoms. The Balaban J connectivity index is 1.90. The first-order valence-electron chi connectivity index (χ1n) is 8.27. The normalized spacial score (nSPS) is 12.1. The summed E-state index contributed by atoms with van der Waals surface area (Å²) < 4.78 is 56.4. The average molecular weight is 375 g/mol. The fraction of sp³-hybridized carbons (Fsp3) is 0.529. The molecule has 0 amide bonds. The van der Waals surface area contributed by atoms with E-state index >= 15 is 0 Å². The van der Waals surface area contributed by atoms with E-state index in [1.807, 2.05) is 0 Å². The van der Waals surface area contributed by atoms with Gasteiger partial charge in [0, 0.05) is 25.1 Å². The van der Waals surface area contributed by atoms with E-state index in [1.54, 1.807) is 19.1 Å². The molecule has 2 aromatic rings. The van der Waals surface area contributed by atoms with Crippen LogP contribution in [0.15, 0.2) is 22.7 Å². The smallest absolute Gasteiger partial charge is 0.396 e. The van der Waals surface area contributed by atoms with Crippen LogP contribution >= 0.6 is 0 Å². The van der Waals surface area contributed by atoms with Crippen LogP contribution in [0, 0.1) is 12.7 Å². The van der Waals surface area contributed by atoms with Crippen LogP contribution in [0.1, 0.15) is 24.3 Å². The third-order valence-electron chi connectivity index (χ3n) is 3.80. The van der Waals surface area contributed by atoms with Crippen LogP contribution < -0.4 is 0 Å². The van der Waals surface area contributed by atoms with Gasteiger partial charge in [0.15, 0.2) is 0 Å². The van der Waals surface area contributed by atoms with Crippen molar-refractivity contribution in [3.05, 3.63) is 35.5 Å². The predicted molar refractivity (Wildman–Crippen MR) is 86.9 cm³/mol. The van der Waals surface area contributed by atoms with Crippen LogP contribution in [0.2, 0.25) is 0 Å². The van der Waals surface area contributed by atoms with Gasteiger partial charge in [-0.3, -0.25) is 4.90 Å². The Hall–Kier alpha value is -2.00. The van der Waals surface area contributed by atoms with Crippen molar-refractivity contribution in [2.45, 2.75) is 32.4 Å². The molecular formula is C17H21F4N3O2. The summed E-state index contributed by atoms with van der Waals surface area (Å²) in [6.07, 6.45) is -3.30. The van der Waals surface area contributed by atoms with Crippen LogP contribution in [0.3, 0.4) is 0 Å². The van der Waals surface area contributed by atoms with Gasteiger partial charge in [-0.05, 0) is 37.9 Å². The van der Waals surface area contributed by atoms with Crippen LogP contribution in [-0.2, 0) is 6.42 Å². The molecule has 26 heavy (non-hydrogen) atoms. The zero-order valence-electron chi connectivity index (χ0n) is 14.4. The maximum Gasteiger partial charge on any atom is 0.401 e. The Morgan fingerprint density at radius 1 is 1.19 bits per heavy atom. The predicted octanol–water partition coefficient (Wildman–Crippen LogP) is 3.36. The van der Waals surface area contributed by atoms with Gasteiger partial charge in [-0.15, -0.1) is 0 Å². The lowest BCUT2D eigenvalue weighted by Crippen LogP contribution is -2.36. The minimum Gasteiger partial charge on any atom is -0.396 e. The van der Waals surface area contributed by atoms with Gasteiger partial charge in [0.25, 0.3) is 0 Å². The number of aliphatic hydroxyl groups excluding tert-OH is 1. The maximum absolute atomic E-state index is 13.6. The minimum atomic E-state index is -4.29. The Bertz CT molecular complexity index is 704. The molecule has 0 radical (unpaired) electrons. The summed E-state index contributed by atoms with van der Waals surface area (Å²) in [5, 5.41) is 12.6. The molecule has 0 saturated carbocycles. The van der Waals surface area contributed by atoms with Crippen molar-refractivity contribution in [1.82, 2.24) is 15.0 Å². The standard InChI is InChI=1S/C17H21F4N3O2/c1-12-5-6-13(10-14(12)18)16-22-15(26-23-16)4-2-7-24(8-3-9-25)11-17(19,20)21/h5-6,10,25H,2-4,7-9,11H2,1H3. The monoisotopic (exact) mass is 375 g/mol. The van der Waals surface area contributed by atoms with Gasteiger partial charge in [0.2, 0.25) is 11.7 Å². The van der Waals surface area contributed by atoms with Gasteiger partial charge in [-0.25, -0.2) is 4.39 Å². The molecule has 5 nitrogen and oxygen atoms in total. The summed E-state index contributed by atoms with van der Waals surface area (Å²) in [6.45, 7) is 0.813. The second-order valence-corrected chi connectivity index (χ2v) is 6.05. The minimum absolute atomic E-state index is 0.158. The molecule has 0 aliphatic rings. The highest BCUT2D eigenvalue weighted by atomic mass is 19.4. The van der Waals surface area contributed by atoms with Crippen molar-refractivity contribution < 1.29 is 27.2 Å². The van der Waals surface area contributed by atoms with Crippen LogP contribution in [-0.4, -0.2) is 52.6 Å². The van der Waals surface area contributed by atoms with Crippen molar-refractivity contribution in [1.29, 1.82) is 0 Å². The Morgan fingerprint density at radius 2 is 1.92 bits per heavy atom. The zero-order chi connectivity index (χ0) is 19.2. The third-order valence-corrected chi connectivity index (χ3v) is 3.80. The van der Waals surface area contributed by atoms with E-state index in [1.165, 1.54) is 11.0 Å². The number of aryl methyl sites for hydroxylation is 2. The first-order valence-corrected chi connectivity index (χ1v) is 8.27. The SMILES string of the molecule is Cc1ccc(-c2noc(CCCN(CCCO)CC(F)(F)F)n2)cc1F. The second kappa shape index (κ2) is 9.09. The van der Waals surface area contributed by atoms with Crippen molar-refractivity contribution in [2.75, 3.05) is 26.2 Å². The van der Waals surface area contributed by atoms with Gasteiger partial charge < -0.3 is 9.63 Å². The Morgan fingerprint density at radius 3 is 2.58 bits per heavy atom. The lowest BCUT2D eigenvalue weighted by atomic mass is 10.1.